The molecule has 2 saturated heterocycles. The average Bonchev–Trinajstić information content (AvgIpc) is 2.83. The van der Waals surface area contributed by atoms with Crippen LogP contribution >= 0.6 is 24.0 Å². The average molecular weight is 353 g/mol. The van der Waals surface area contributed by atoms with Crippen molar-refractivity contribution in [1.29, 1.82) is 0 Å². The third-order valence-electron chi connectivity index (χ3n) is 3.75. The van der Waals surface area contributed by atoms with Crippen LogP contribution in [0.2, 0.25) is 0 Å². The van der Waals surface area contributed by atoms with E-state index in [1.54, 1.807) is 0 Å². The van der Waals surface area contributed by atoms with Gasteiger partial charge < -0.3 is 15.8 Å². The molecule has 0 amide bonds. The van der Waals surface area contributed by atoms with Crippen molar-refractivity contribution < 1.29 is 4.74 Å². The summed E-state index contributed by atoms with van der Waals surface area (Å²) in [6.45, 7) is 6.07. The lowest BCUT2D eigenvalue weighted by molar-refractivity contribution is 0.0706. The lowest BCUT2D eigenvalue weighted by atomic mass is 9.76. The topological polar surface area (TPSA) is 59.6 Å². The normalized spacial score (nSPS) is 35.8. The molecule has 17 heavy (non-hydrogen) atoms. The van der Waals surface area contributed by atoms with E-state index in [4.69, 9.17) is 10.5 Å². The first kappa shape index (κ1) is 15.0. The fourth-order valence-corrected chi connectivity index (χ4v) is 2.76. The van der Waals surface area contributed by atoms with Crippen molar-refractivity contribution in [2.75, 3.05) is 13.1 Å². The van der Waals surface area contributed by atoms with Gasteiger partial charge in [0.05, 0.1) is 18.8 Å². The molecule has 0 aromatic carbocycles. The third kappa shape index (κ3) is 3.47. The van der Waals surface area contributed by atoms with E-state index in [2.05, 4.69) is 24.2 Å². The van der Waals surface area contributed by atoms with Crippen LogP contribution in [0, 0.1) is 5.41 Å². The summed E-state index contributed by atoms with van der Waals surface area (Å²) in [6, 6.07) is 0. The Kier molecular flexibility index (Phi) is 5.50. The van der Waals surface area contributed by atoms with Gasteiger partial charge >= 0.3 is 0 Å². The zero-order valence-corrected chi connectivity index (χ0v) is 13.1. The number of hydrogen-bond acceptors (Lipinski definition) is 2. The molecule has 5 heteroatoms. The van der Waals surface area contributed by atoms with E-state index in [9.17, 15) is 0 Å². The molecule has 2 aliphatic rings. The Hall–Kier alpha value is -0.0400. The van der Waals surface area contributed by atoms with E-state index in [0.29, 0.717) is 18.2 Å². The second kappa shape index (κ2) is 6.22. The van der Waals surface area contributed by atoms with Gasteiger partial charge in [-0.15, -0.1) is 24.0 Å². The number of guanidine groups is 1. The Morgan fingerprint density at radius 2 is 2.29 bits per heavy atom. The Morgan fingerprint density at radius 1 is 1.53 bits per heavy atom. The van der Waals surface area contributed by atoms with Gasteiger partial charge in [0.2, 0.25) is 0 Å². The van der Waals surface area contributed by atoms with Gasteiger partial charge in [-0.05, 0) is 25.7 Å². The molecule has 0 saturated carbocycles. The Labute approximate surface area is 121 Å². The van der Waals surface area contributed by atoms with Crippen LogP contribution in [0.1, 0.15) is 39.5 Å². The number of nitrogens with two attached hydrogens (primary N) is 1. The van der Waals surface area contributed by atoms with Crippen molar-refractivity contribution in [3.05, 3.63) is 0 Å². The van der Waals surface area contributed by atoms with Crippen LogP contribution in [-0.4, -0.2) is 31.3 Å². The largest absolute Gasteiger partial charge is 0.374 e. The highest BCUT2D eigenvalue weighted by atomic mass is 127. The van der Waals surface area contributed by atoms with Crippen molar-refractivity contribution in [2.45, 2.75) is 51.7 Å². The predicted molar refractivity (Wildman–Crippen MR) is 80.8 cm³/mol. The number of hydrogen-bond donors (Lipinski definition) is 2. The summed E-state index contributed by atoms with van der Waals surface area (Å²) < 4.78 is 5.87. The summed E-state index contributed by atoms with van der Waals surface area (Å²) in [7, 11) is 0. The van der Waals surface area contributed by atoms with E-state index in [1.807, 2.05) is 0 Å². The van der Waals surface area contributed by atoms with E-state index < -0.39 is 0 Å². The minimum atomic E-state index is 0. The van der Waals surface area contributed by atoms with Crippen LogP contribution in [0.4, 0.5) is 0 Å². The number of aliphatic imine (C=N–C) groups is 1. The molecule has 3 N–H and O–H groups in total. The number of nitrogens with zero attached hydrogens (tertiary/aromatic N) is 1. The Morgan fingerprint density at radius 3 is 2.82 bits per heavy atom. The molecular formula is C12H24IN3O. The van der Waals surface area contributed by atoms with Crippen molar-refractivity contribution in [3.8, 4) is 0 Å². The summed E-state index contributed by atoms with van der Waals surface area (Å²) in [5.74, 6) is 0.575. The minimum Gasteiger partial charge on any atom is -0.374 e. The third-order valence-corrected chi connectivity index (χ3v) is 3.75. The molecule has 100 valence electrons. The van der Waals surface area contributed by atoms with Gasteiger partial charge in [0.1, 0.15) is 0 Å². The molecule has 3 atom stereocenters. The molecule has 2 aliphatic heterocycles. The maximum absolute atomic E-state index is 5.87. The first-order chi connectivity index (χ1) is 7.64. The van der Waals surface area contributed by atoms with Crippen LogP contribution in [0.5, 0.6) is 0 Å². The fraction of sp³-hybridized carbons (Fsp3) is 0.917. The van der Waals surface area contributed by atoms with Crippen molar-refractivity contribution >= 4 is 29.9 Å². The molecule has 0 spiro atoms. The monoisotopic (exact) mass is 353 g/mol. The maximum atomic E-state index is 5.87. The van der Waals surface area contributed by atoms with E-state index in [0.717, 1.165) is 25.9 Å². The Bertz CT molecular complexity index is 285. The number of ether oxygens (including phenoxy) is 1. The van der Waals surface area contributed by atoms with E-state index in [1.165, 1.54) is 12.8 Å². The Balaban J connectivity index is 0.00000144. The first-order valence-corrected chi connectivity index (χ1v) is 6.33. The van der Waals surface area contributed by atoms with Gasteiger partial charge in [-0.3, -0.25) is 4.99 Å². The maximum Gasteiger partial charge on any atom is 0.188 e. The van der Waals surface area contributed by atoms with Crippen LogP contribution in [0.3, 0.4) is 0 Å². The molecule has 2 rings (SSSR count). The highest BCUT2D eigenvalue weighted by Crippen LogP contribution is 2.47. The van der Waals surface area contributed by atoms with Gasteiger partial charge in [-0.25, -0.2) is 0 Å². The molecule has 2 fully saturated rings. The summed E-state index contributed by atoms with van der Waals surface area (Å²) in [4.78, 5) is 4.44. The summed E-state index contributed by atoms with van der Waals surface area (Å²) in [5.41, 5.74) is 6.00. The highest BCUT2D eigenvalue weighted by Gasteiger charge is 2.49. The molecule has 0 radical (unpaired) electrons. The summed E-state index contributed by atoms with van der Waals surface area (Å²) in [5, 5.41) is 3.10. The standard InChI is InChI=1S/C12H23N3O.HI/c1-3-6-14-11(13)15-8-12(2)7-9-4-5-10(12)16-9;/h9-10H,3-8H2,1-2H3,(H3,13,14,15);1H. The van der Waals surface area contributed by atoms with Gasteiger partial charge in [0.15, 0.2) is 5.96 Å². The molecule has 4 nitrogen and oxygen atoms in total. The second-order valence-corrected chi connectivity index (χ2v) is 5.31. The van der Waals surface area contributed by atoms with Crippen molar-refractivity contribution in [3.63, 3.8) is 0 Å². The second-order valence-electron chi connectivity index (χ2n) is 5.31. The van der Waals surface area contributed by atoms with Crippen LogP contribution < -0.4 is 11.1 Å². The number of fused-ring (bicyclic) bond motifs is 2. The number of rotatable bonds is 4. The molecular weight excluding hydrogens is 329 g/mol. The van der Waals surface area contributed by atoms with Crippen LogP contribution in [-0.2, 0) is 4.74 Å². The van der Waals surface area contributed by atoms with Crippen molar-refractivity contribution in [2.24, 2.45) is 16.1 Å². The smallest absolute Gasteiger partial charge is 0.188 e. The minimum absolute atomic E-state index is 0. The number of nitrogens with one attached hydrogen (secondary N) is 1. The quantitative estimate of drug-likeness (QED) is 0.461. The molecule has 2 bridgehead atoms. The fourth-order valence-electron chi connectivity index (χ4n) is 2.76. The first-order valence-electron chi connectivity index (χ1n) is 6.33. The van der Waals surface area contributed by atoms with E-state index in [-0.39, 0.29) is 29.4 Å². The summed E-state index contributed by atoms with van der Waals surface area (Å²) >= 11 is 0. The zero-order chi connectivity index (χ0) is 11.6. The SMILES string of the molecule is CCCNC(N)=NCC1(C)CC2CCC1O2.I. The van der Waals surface area contributed by atoms with Gasteiger partial charge in [-0.2, -0.15) is 0 Å². The number of halogens is 1. The molecule has 0 aliphatic carbocycles. The van der Waals surface area contributed by atoms with Crippen molar-refractivity contribution in [1.82, 2.24) is 5.32 Å². The summed E-state index contributed by atoms with van der Waals surface area (Å²) in [6.07, 6.45) is 5.52. The molecule has 2 heterocycles. The highest BCUT2D eigenvalue weighted by molar-refractivity contribution is 14.0. The molecule has 0 aromatic heterocycles. The van der Waals surface area contributed by atoms with Crippen LogP contribution in [0.15, 0.2) is 4.99 Å². The predicted octanol–water partition coefficient (Wildman–Crippen LogP) is 1.88. The van der Waals surface area contributed by atoms with Gasteiger partial charge in [-0.1, -0.05) is 13.8 Å². The van der Waals surface area contributed by atoms with Gasteiger partial charge in [0, 0.05) is 12.0 Å². The lowest BCUT2D eigenvalue weighted by Gasteiger charge is -2.29. The lowest BCUT2D eigenvalue weighted by Crippen LogP contribution is -2.36. The van der Waals surface area contributed by atoms with E-state index >= 15 is 0 Å². The van der Waals surface area contributed by atoms with Gasteiger partial charge in [0.25, 0.3) is 0 Å². The molecule has 3 unspecified atom stereocenters. The zero-order valence-electron chi connectivity index (χ0n) is 10.7. The van der Waals surface area contributed by atoms with Crippen LogP contribution in [0.25, 0.3) is 0 Å². The molecule has 0 aromatic rings.